The van der Waals surface area contributed by atoms with Crippen molar-refractivity contribution in [3.63, 3.8) is 0 Å². The maximum absolute atomic E-state index is 12.4. The van der Waals surface area contributed by atoms with Gasteiger partial charge >= 0.3 is 6.03 Å². The summed E-state index contributed by atoms with van der Waals surface area (Å²) in [4.78, 5) is 20.9. The maximum atomic E-state index is 12.4. The van der Waals surface area contributed by atoms with Crippen molar-refractivity contribution in [3.8, 4) is 0 Å². The molecule has 0 spiro atoms. The summed E-state index contributed by atoms with van der Waals surface area (Å²) in [5.41, 5.74) is 3.39. The minimum atomic E-state index is -0.266. The molecule has 3 rings (SSSR count). The summed E-state index contributed by atoms with van der Waals surface area (Å²) in [5, 5.41) is 9.95. The van der Waals surface area contributed by atoms with E-state index in [2.05, 4.69) is 39.5 Å². The second-order valence-corrected chi connectivity index (χ2v) is 6.94. The van der Waals surface area contributed by atoms with Gasteiger partial charge in [0, 0.05) is 12.7 Å². The van der Waals surface area contributed by atoms with Gasteiger partial charge < -0.3 is 10.6 Å². The highest BCUT2D eigenvalue weighted by atomic mass is 32.1. The summed E-state index contributed by atoms with van der Waals surface area (Å²) in [6.07, 6.45) is 2.28. The highest BCUT2D eigenvalue weighted by molar-refractivity contribution is 7.16. The molecule has 0 unspecified atom stereocenters. The number of urea groups is 1. The molecule has 3 aromatic rings. The molecule has 1 atom stereocenters. The molecule has 126 valence electrons. The molecule has 1 aromatic carbocycles. The average molecular weight is 344 g/mol. The first-order valence-electron chi connectivity index (χ1n) is 7.77. The van der Waals surface area contributed by atoms with Crippen LogP contribution in [0.1, 0.15) is 32.1 Å². The molecule has 0 radical (unpaired) electrons. The van der Waals surface area contributed by atoms with E-state index in [9.17, 15) is 4.79 Å². The van der Waals surface area contributed by atoms with Gasteiger partial charge in [-0.05, 0) is 30.5 Å². The van der Waals surface area contributed by atoms with Crippen LogP contribution in [0.2, 0.25) is 0 Å². The molecule has 0 saturated carbocycles. The highest BCUT2D eigenvalue weighted by Crippen LogP contribution is 2.22. The number of nitrogens with one attached hydrogen (secondary N) is 2. The van der Waals surface area contributed by atoms with Gasteiger partial charge in [0.25, 0.3) is 0 Å². The van der Waals surface area contributed by atoms with E-state index < -0.39 is 0 Å². The molecule has 8 heteroatoms. The number of amides is 2. The molecule has 0 saturated heterocycles. The number of thiazole rings is 1. The lowest BCUT2D eigenvalue weighted by molar-refractivity contribution is 0.245. The second kappa shape index (κ2) is 6.96. The molecular weight excluding hydrogens is 324 g/mol. The van der Waals surface area contributed by atoms with Crippen LogP contribution in [0.5, 0.6) is 0 Å². The Labute approximate surface area is 144 Å². The summed E-state index contributed by atoms with van der Waals surface area (Å²) in [6, 6.07) is 5.24. The summed E-state index contributed by atoms with van der Waals surface area (Å²) in [5.74, 6) is 1.16. The topological polar surface area (TPSA) is 84.7 Å². The fourth-order valence-electron chi connectivity index (χ4n) is 2.58. The maximum Gasteiger partial charge on any atom is 0.319 e. The lowest BCUT2D eigenvalue weighted by atomic mass is 10.0. The van der Waals surface area contributed by atoms with Crippen molar-refractivity contribution < 1.29 is 4.79 Å². The molecule has 0 aliphatic rings. The first-order chi connectivity index (χ1) is 11.5. The fourth-order valence-corrected chi connectivity index (χ4v) is 3.24. The van der Waals surface area contributed by atoms with Crippen LogP contribution < -0.4 is 10.6 Å². The molecule has 0 fully saturated rings. The molecule has 0 aliphatic carbocycles. The van der Waals surface area contributed by atoms with Gasteiger partial charge in [0.1, 0.15) is 12.2 Å². The molecular formula is C16H20N6OS. The number of hydrogen-bond donors (Lipinski definition) is 2. The van der Waals surface area contributed by atoms with Crippen LogP contribution in [0.25, 0.3) is 10.2 Å². The van der Waals surface area contributed by atoms with Crippen LogP contribution in [0, 0.1) is 5.92 Å². The van der Waals surface area contributed by atoms with Crippen molar-refractivity contribution in [2.45, 2.75) is 26.3 Å². The number of carbonyl (C=O) groups excluding carboxylic acids is 1. The Morgan fingerprint density at radius 2 is 2.17 bits per heavy atom. The number of aryl methyl sites for hydroxylation is 1. The number of fused-ring (bicyclic) bond motifs is 1. The first kappa shape index (κ1) is 16.4. The summed E-state index contributed by atoms with van der Waals surface area (Å²) < 4.78 is 2.78. The van der Waals surface area contributed by atoms with E-state index in [1.807, 2.05) is 25.2 Å². The number of anilines is 1. The van der Waals surface area contributed by atoms with E-state index in [-0.39, 0.29) is 12.1 Å². The lowest BCUT2D eigenvalue weighted by Gasteiger charge is -2.20. The number of carbonyl (C=O) groups is 1. The van der Waals surface area contributed by atoms with Crippen LogP contribution in [0.3, 0.4) is 0 Å². The van der Waals surface area contributed by atoms with Crippen LogP contribution in [0.4, 0.5) is 10.5 Å². The minimum absolute atomic E-state index is 0.194. The number of hydrogen-bond acceptors (Lipinski definition) is 5. The standard InChI is InChI=1S/C16H20N6OS/c1-10(2)6-13(15-17-8-19-22(15)3)21-16(23)20-11-4-5-14-12(7-11)18-9-24-14/h4-5,7-10,13H,6H2,1-3H3,(H2,20,21,23)/t13-/m0/s1. The molecule has 2 aromatic heterocycles. The number of benzene rings is 1. The predicted molar refractivity (Wildman–Crippen MR) is 95.0 cm³/mol. The lowest BCUT2D eigenvalue weighted by Crippen LogP contribution is -2.34. The zero-order chi connectivity index (χ0) is 17.1. The zero-order valence-corrected chi connectivity index (χ0v) is 14.7. The van der Waals surface area contributed by atoms with E-state index in [0.717, 1.165) is 22.5 Å². The smallest absolute Gasteiger partial charge is 0.319 e. The molecule has 2 N–H and O–H groups in total. The zero-order valence-electron chi connectivity index (χ0n) is 13.9. The van der Waals surface area contributed by atoms with Gasteiger partial charge in [-0.15, -0.1) is 11.3 Å². The second-order valence-electron chi connectivity index (χ2n) is 6.06. The van der Waals surface area contributed by atoms with Crippen LogP contribution in [-0.4, -0.2) is 25.8 Å². The molecule has 2 heterocycles. The third-order valence-electron chi connectivity index (χ3n) is 3.66. The van der Waals surface area contributed by atoms with E-state index in [1.54, 1.807) is 21.5 Å². The van der Waals surface area contributed by atoms with Gasteiger partial charge in [-0.1, -0.05) is 13.8 Å². The van der Waals surface area contributed by atoms with Gasteiger partial charge in [0.2, 0.25) is 0 Å². The minimum Gasteiger partial charge on any atom is -0.328 e. The van der Waals surface area contributed by atoms with Gasteiger partial charge in [-0.3, -0.25) is 4.68 Å². The van der Waals surface area contributed by atoms with Crippen molar-refractivity contribution >= 4 is 33.3 Å². The van der Waals surface area contributed by atoms with Crippen LogP contribution >= 0.6 is 11.3 Å². The quantitative estimate of drug-likeness (QED) is 0.743. The van der Waals surface area contributed by atoms with Gasteiger partial charge in [0.05, 0.1) is 21.8 Å². The summed E-state index contributed by atoms with van der Waals surface area (Å²) >= 11 is 1.57. The van der Waals surface area contributed by atoms with Crippen LogP contribution in [-0.2, 0) is 7.05 Å². The molecule has 7 nitrogen and oxygen atoms in total. The van der Waals surface area contributed by atoms with E-state index in [0.29, 0.717) is 11.6 Å². The SMILES string of the molecule is CC(C)C[C@H](NC(=O)Nc1ccc2scnc2c1)c1ncnn1C. The first-order valence-corrected chi connectivity index (χ1v) is 8.65. The number of rotatable bonds is 5. The Morgan fingerprint density at radius 1 is 1.33 bits per heavy atom. The Bertz CT molecular complexity index is 840. The van der Waals surface area contributed by atoms with E-state index in [1.165, 1.54) is 6.33 Å². The normalized spacial score (nSPS) is 12.5. The predicted octanol–water partition coefficient (Wildman–Crippen LogP) is 3.33. The van der Waals surface area contributed by atoms with Crippen molar-refractivity contribution in [2.24, 2.45) is 13.0 Å². The molecule has 24 heavy (non-hydrogen) atoms. The third-order valence-corrected chi connectivity index (χ3v) is 4.47. The molecule has 0 bridgehead atoms. The van der Waals surface area contributed by atoms with Crippen molar-refractivity contribution in [1.82, 2.24) is 25.1 Å². The highest BCUT2D eigenvalue weighted by Gasteiger charge is 2.20. The van der Waals surface area contributed by atoms with Gasteiger partial charge in [0.15, 0.2) is 0 Å². The van der Waals surface area contributed by atoms with Crippen molar-refractivity contribution in [3.05, 3.63) is 35.9 Å². The molecule has 2 amide bonds. The Kier molecular flexibility index (Phi) is 4.75. The van der Waals surface area contributed by atoms with Crippen molar-refractivity contribution in [2.75, 3.05) is 5.32 Å². The van der Waals surface area contributed by atoms with E-state index in [4.69, 9.17) is 0 Å². The fraction of sp³-hybridized carbons (Fsp3) is 0.375. The average Bonchev–Trinajstić information content (AvgIpc) is 3.14. The number of nitrogens with zero attached hydrogens (tertiary/aromatic N) is 4. The van der Waals surface area contributed by atoms with Gasteiger partial charge in [-0.2, -0.15) is 5.10 Å². The van der Waals surface area contributed by atoms with E-state index >= 15 is 0 Å². The Morgan fingerprint density at radius 3 is 2.88 bits per heavy atom. The monoisotopic (exact) mass is 344 g/mol. The Balaban J connectivity index is 1.71. The summed E-state index contributed by atoms with van der Waals surface area (Å²) in [7, 11) is 1.82. The van der Waals surface area contributed by atoms with Gasteiger partial charge in [-0.25, -0.2) is 14.8 Å². The Hall–Kier alpha value is -2.48. The summed E-state index contributed by atoms with van der Waals surface area (Å²) in [6.45, 7) is 4.22. The third kappa shape index (κ3) is 3.70. The molecule has 0 aliphatic heterocycles. The largest absolute Gasteiger partial charge is 0.328 e. The van der Waals surface area contributed by atoms with Crippen molar-refractivity contribution in [1.29, 1.82) is 0 Å². The number of aromatic nitrogens is 4. The van der Waals surface area contributed by atoms with Crippen LogP contribution in [0.15, 0.2) is 30.0 Å².